The lowest BCUT2D eigenvalue weighted by molar-refractivity contribution is 0.161. The van der Waals surface area contributed by atoms with Crippen LogP contribution in [0.3, 0.4) is 0 Å². The molecule has 8 nitrogen and oxygen atoms in total. The van der Waals surface area contributed by atoms with E-state index in [-0.39, 0.29) is 6.04 Å². The number of hydrogen-bond acceptors (Lipinski definition) is 7. The summed E-state index contributed by atoms with van der Waals surface area (Å²) in [5.41, 5.74) is 3.25. The number of nitrogens with zero attached hydrogens (tertiary/aromatic N) is 7. The molecule has 190 valence electrons. The summed E-state index contributed by atoms with van der Waals surface area (Å²) in [5.74, 6) is 2.85. The van der Waals surface area contributed by atoms with E-state index in [1.807, 2.05) is 22.5 Å². The van der Waals surface area contributed by atoms with Crippen LogP contribution in [0.5, 0.6) is 0 Å². The Morgan fingerprint density at radius 1 is 1.11 bits per heavy atom. The molecule has 1 aliphatic rings. The van der Waals surface area contributed by atoms with Crippen LogP contribution in [-0.4, -0.2) is 56.1 Å². The summed E-state index contributed by atoms with van der Waals surface area (Å²) in [5, 5.41) is 6.03. The van der Waals surface area contributed by atoms with E-state index >= 15 is 0 Å². The minimum Gasteiger partial charge on any atom is -0.384 e. The second kappa shape index (κ2) is 9.72. The number of hydrogen-bond donors (Lipinski definition) is 0. The molecule has 9 heteroatoms. The van der Waals surface area contributed by atoms with E-state index in [4.69, 9.17) is 19.8 Å². The van der Waals surface area contributed by atoms with Gasteiger partial charge in [0.1, 0.15) is 16.3 Å². The van der Waals surface area contributed by atoms with Crippen LogP contribution in [0.15, 0.2) is 55.0 Å². The van der Waals surface area contributed by atoms with E-state index in [9.17, 15) is 0 Å². The number of aromatic nitrogens is 6. The first kappa shape index (κ1) is 23.8. The average molecular weight is 514 g/mol. The largest absolute Gasteiger partial charge is 0.384 e. The van der Waals surface area contributed by atoms with Crippen LogP contribution in [0.1, 0.15) is 26.3 Å². The number of anilines is 1. The second-order valence-electron chi connectivity index (χ2n) is 9.92. The van der Waals surface area contributed by atoms with Crippen molar-refractivity contribution < 1.29 is 4.74 Å². The molecule has 1 aromatic carbocycles. The fourth-order valence-electron chi connectivity index (χ4n) is 5.10. The van der Waals surface area contributed by atoms with Gasteiger partial charge in [0.05, 0.1) is 16.9 Å². The van der Waals surface area contributed by atoms with Gasteiger partial charge < -0.3 is 14.2 Å². The van der Waals surface area contributed by atoms with Gasteiger partial charge in [0.25, 0.3) is 0 Å². The quantitative estimate of drug-likeness (QED) is 0.279. The number of rotatable bonds is 7. The topological polar surface area (TPSA) is 73.9 Å². The van der Waals surface area contributed by atoms with E-state index in [1.165, 1.54) is 0 Å². The Morgan fingerprint density at radius 2 is 1.95 bits per heavy atom. The Bertz CT molecular complexity index is 1530. The third-order valence-corrected chi connectivity index (χ3v) is 8.08. The highest BCUT2D eigenvalue weighted by Crippen LogP contribution is 2.47. The zero-order chi connectivity index (χ0) is 25.5. The molecular weight excluding hydrogens is 482 g/mol. The average Bonchev–Trinajstić information content (AvgIpc) is 3.69. The molecule has 0 saturated carbocycles. The van der Waals surface area contributed by atoms with Crippen LogP contribution in [-0.2, 0) is 11.8 Å². The minimum absolute atomic E-state index is 0.288. The Labute approximate surface area is 220 Å². The van der Waals surface area contributed by atoms with Crippen LogP contribution in [0, 0.1) is 5.92 Å². The Morgan fingerprint density at radius 3 is 2.65 bits per heavy atom. The molecule has 6 rings (SSSR count). The summed E-state index contributed by atoms with van der Waals surface area (Å²) in [6.07, 6.45) is 6.86. The van der Waals surface area contributed by atoms with Crippen molar-refractivity contribution in [3.8, 4) is 33.3 Å². The third kappa shape index (κ3) is 4.32. The molecule has 0 spiro atoms. The molecule has 1 aliphatic heterocycles. The SMILES string of the molecule is COCC1CCN(c2nc(-c3nccn3C)nc3sc(-c4ccn(C(C)C)n4)c(-c4ccccc4)c23)C1. The number of aryl methyl sites for hydroxylation is 1. The third-order valence-electron chi connectivity index (χ3n) is 6.97. The molecule has 37 heavy (non-hydrogen) atoms. The highest BCUT2D eigenvalue weighted by Gasteiger charge is 2.30. The van der Waals surface area contributed by atoms with Crippen molar-refractivity contribution in [2.45, 2.75) is 26.3 Å². The zero-order valence-corrected chi connectivity index (χ0v) is 22.4. The molecule has 4 aromatic heterocycles. The molecule has 1 unspecified atom stereocenters. The molecule has 0 aliphatic carbocycles. The van der Waals surface area contributed by atoms with Crippen molar-refractivity contribution in [3.63, 3.8) is 0 Å². The standard InChI is InChI=1S/C28H31N7OS/c1-18(2)35-14-11-21(32-35)24-22(20-8-6-5-7-9-20)23-26(34-13-10-19(16-34)17-36-4)30-25(31-28(23)37-24)27-29-12-15-33(27)3/h5-9,11-12,14-15,18-19H,10,13,16-17H2,1-4H3. The van der Waals surface area contributed by atoms with Crippen LogP contribution in [0.25, 0.3) is 43.6 Å². The molecule has 1 saturated heterocycles. The minimum atomic E-state index is 0.288. The van der Waals surface area contributed by atoms with Crippen molar-refractivity contribution >= 4 is 27.4 Å². The van der Waals surface area contributed by atoms with Crippen LogP contribution >= 0.6 is 11.3 Å². The predicted molar refractivity (Wildman–Crippen MR) is 149 cm³/mol. The fourth-order valence-corrected chi connectivity index (χ4v) is 6.25. The molecule has 1 atom stereocenters. The molecule has 0 amide bonds. The first-order chi connectivity index (χ1) is 18.0. The Kier molecular flexibility index (Phi) is 6.26. The monoisotopic (exact) mass is 513 g/mol. The van der Waals surface area contributed by atoms with Crippen LogP contribution < -0.4 is 4.90 Å². The Balaban J connectivity index is 1.62. The first-order valence-corrected chi connectivity index (χ1v) is 13.5. The maximum atomic E-state index is 5.49. The highest BCUT2D eigenvalue weighted by molar-refractivity contribution is 7.22. The van der Waals surface area contributed by atoms with Gasteiger partial charge in [-0.05, 0) is 31.9 Å². The van der Waals surface area contributed by atoms with E-state index in [1.54, 1.807) is 24.6 Å². The summed E-state index contributed by atoms with van der Waals surface area (Å²) >= 11 is 1.68. The van der Waals surface area contributed by atoms with Gasteiger partial charge in [-0.3, -0.25) is 4.68 Å². The van der Waals surface area contributed by atoms with Gasteiger partial charge >= 0.3 is 0 Å². The molecular formula is C28H31N7OS. The van der Waals surface area contributed by atoms with Gasteiger partial charge in [-0.15, -0.1) is 11.3 Å². The maximum absolute atomic E-state index is 5.49. The van der Waals surface area contributed by atoms with Gasteiger partial charge in [0.15, 0.2) is 11.6 Å². The van der Waals surface area contributed by atoms with Crippen LogP contribution in [0.2, 0.25) is 0 Å². The summed E-state index contributed by atoms with van der Waals surface area (Å²) in [7, 11) is 3.76. The molecule has 0 bridgehead atoms. The normalized spacial score (nSPS) is 15.9. The van der Waals surface area contributed by atoms with Crippen molar-refractivity contribution in [2.75, 3.05) is 31.7 Å². The van der Waals surface area contributed by atoms with E-state index in [2.05, 4.69) is 66.3 Å². The molecule has 0 N–H and O–H groups in total. The fraction of sp³-hybridized carbons (Fsp3) is 0.357. The summed E-state index contributed by atoms with van der Waals surface area (Å²) in [6, 6.07) is 12.9. The van der Waals surface area contributed by atoms with Gasteiger partial charge in [0, 0.05) is 63.4 Å². The van der Waals surface area contributed by atoms with Gasteiger partial charge in [-0.2, -0.15) is 5.10 Å². The number of methoxy groups -OCH3 is 1. The molecule has 5 heterocycles. The zero-order valence-electron chi connectivity index (χ0n) is 21.6. The molecule has 1 fully saturated rings. The number of benzene rings is 1. The predicted octanol–water partition coefficient (Wildman–Crippen LogP) is 5.68. The van der Waals surface area contributed by atoms with Gasteiger partial charge in [-0.25, -0.2) is 15.0 Å². The van der Waals surface area contributed by atoms with Crippen molar-refractivity contribution in [2.24, 2.45) is 13.0 Å². The smallest absolute Gasteiger partial charge is 0.199 e. The lowest BCUT2D eigenvalue weighted by atomic mass is 10.0. The summed E-state index contributed by atoms with van der Waals surface area (Å²) in [6.45, 7) is 6.88. The van der Waals surface area contributed by atoms with E-state index in [0.29, 0.717) is 11.7 Å². The first-order valence-electron chi connectivity index (χ1n) is 12.7. The van der Waals surface area contributed by atoms with E-state index < -0.39 is 0 Å². The lowest BCUT2D eigenvalue weighted by Gasteiger charge is -2.20. The molecule has 5 aromatic rings. The van der Waals surface area contributed by atoms with Crippen molar-refractivity contribution in [1.82, 2.24) is 29.3 Å². The second-order valence-corrected chi connectivity index (χ2v) is 10.9. The highest BCUT2D eigenvalue weighted by atomic mass is 32.1. The van der Waals surface area contributed by atoms with Gasteiger partial charge in [0.2, 0.25) is 0 Å². The molecule has 0 radical (unpaired) electrons. The van der Waals surface area contributed by atoms with Crippen molar-refractivity contribution in [1.29, 1.82) is 0 Å². The number of ether oxygens (including phenoxy) is 1. The maximum Gasteiger partial charge on any atom is 0.199 e. The summed E-state index contributed by atoms with van der Waals surface area (Å²) in [4.78, 5) is 19.3. The van der Waals surface area contributed by atoms with E-state index in [0.717, 1.165) is 69.7 Å². The number of thiophene rings is 1. The van der Waals surface area contributed by atoms with Gasteiger partial charge in [-0.1, -0.05) is 30.3 Å². The number of imidazole rings is 1. The summed E-state index contributed by atoms with van der Waals surface area (Å²) < 4.78 is 9.47. The Hall–Kier alpha value is -3.56. The van der Waals surface area contributed by atoms with Crippen molar-refractivity contribution in [3.05, 3.63) is 55.0 Å². The van der Waals surface area contributed by atoms with Crippen LogP contribution in [0.4, 0.5) is 5.82 Å². The number of fused-ring (bicyclic) bond motifs is 1. The lowest BCUT2D eigenvalue weighted by Crippen LogP contribution is -2.23.